The molecule has 0 bridgehead atoms. The molecule has 0 fully saturated rings. The van der Waals surface area contributed by atoms with Gasteiger partial charge in [0.05, 0.1) is 0 Å². The Kier molecular flexibility index (Phi) is 4.72. The van der Waals surface area contributed by atoms with E-state index in [1.807, 2.05) is 0 Å². The standard InChI is InChI=1S/C12H14F3NO2/c1-8(17)18-10-4-2-3-9(7-10)11(16)5-6-12(13,14)15/h2-4,7,11H,5-6,16H2,1H3/t11-/m1/s1. The second-order valence-corrected chi connectivity index (χ2v) is 3.93. The monoisotopic (exact) mass is 261 g/mol. The highest BCUT2D eigenvalue weighted by atomic mass is 19.4. The number of esters is 1. The fraction of sp³-hybridized carbons (Fsp3) is 0.417. The molecule has 0 radical (unpaired) electrons. The van der Waals surface area contributed by atoms with E-state index in [0.717, 1.165) is 0 Å². The van der Waals surface area contributed by atoms with E-state index in [9.17, 15) is 18.0 Å². The van der Waals surface area contributed by atoms with Gasteiger partial charge < -0.3 is 10.5 Å². The van der Waals surface area contributed by atoms with E-state index in [1.54, 1.807) is 18.2 Å². The van der Waals surface area contributed by atoms with Gasteiger partial charge in [0.25, 0.3) is 0 Å². The number of ether oxygens (including phenoxy) is 1. The van der Waals surface area contributed by atoms with Gasteiger partial charge in [-0.25, -0.2) is 0 Å². The minimum atomic E-state index is -4.22. The van der Waals surface area contributed by atoms with Crippen molar-refractivity contribution in [3.63, 3.8) is 0 Å². The average molecular weight is 261 g/mol. The zero-order valence-corrected chi connectivity index (χ0v) is 9.83. The molecule has 0 saturated heterocycles. The third-order valence-electron chi connectivity index (χ3n) is 2.29. The topological polar surface area (TPSA) is 52.3 Å². The lowest BCUT2D eigenvalue weighted by Crippen LogP contribution is -2.16. The molecule has 18 heavy (non-hydrogen) atoms. The van der Waals surface area contributed by atoms with Crippen LogP contribution in [0.4, 0.5) is 13.2 Å². The van der Waals surface area contributed by atoms with Gasteiger partial charge in [0.1, 0.15) is 5.75 Å². The normalized spacial score (nSPS) is 13.2. The quantitative estimate of drug-likeness (QED) is 0.669. The molecule has 0 saturated carbocycles. The summed E-state index contributed by atoms with van der Waals surface area (Å²) >= 11 is 0. The third kappa shape index (κ3) is 5.18. The zero-order valence-electron chi connectivity index (χ0n) is 9.83. The van der Waals surface area contributed by atoms with E-state index in [0.29, 0.717) is 5.56 Å². The molecule has 0 aromatic heterocycles. The van der Waals surface area contributed by atoms with Crippen molar-refractivity contribution in [2.45, 2.75) is 32.0 Å². The number of carbonyl (C=O) groups is 1. The summed E-state index contributed by atoms with van der Waals surface area (Å²) in [7, 11) is 0. The zero-order chi connectivity index (χ0) is 13.8. The first kappa shape index (κ1) is 14.5. The summed E-state index contributed by atoms with van der Waals surface area (Å²) in [5.74, 6) is -0.210. The van der Waals surface area contributed by atoms with Gasteiger partial charge in [0, 0.05) is 19.4 Å². The predicted molar refractivity (Wildman–Crippen MR) is 60.0 cm³/mol. The summed E-state index contributed by atoms with van der Waals surface area (Å²) in [5, 5.41) is 0. The van der Waals surface area contributed by atoms with E-state index in [2.05, 4.69) is 0 Å². The van der Waals surface area contributed by atoms with E-state index in [-0.39, 0.29) is 12.2 Å². The molecule has 0 unspecified atom stereocenters. The first-order valence-electron chi connectivity index (χ1n) is 5.38. The maximum absolute atomic E-state index is 12.1. The van der Waals surface area contributed by atoms with Crippen molar-refractivity contribution in [2.24, 2.45) is 5.73 Å². The number of benzene rings is 1. The fourth-order valence-corrected chi connectivity index (χ4v) is 1.46. The van der Waals surface area contributed by atoms with Crippen molar-refractivity contribution in [2.75, 3.05) is 0 Å². The predicted octanol–water partition coefficient (Wildman–Crippen LogP) is 2.95. The van der Waals surface area contributed by atoms with Gasteiger partial charge in [-0.05, 0) is 24.1 Å². The summed E-state index contributed by atoms with van der Waals surface area (Å²) < 4.78 is 41.0. The average Bonchev–Trinajstić information content (AvgIpc) is 2.24. The summed E-state index contributed by atoms with van der Waals surface area (Å²) in [5.41, 5.74) is 6.17. The Morgan fingerprint density at radius 1 is 1.44 bits per heavy atom. The first-order chi connectivity index (χ1) is 8.28. The molecule has 0 aliphatic rings. The van der Waals surface area contributed by atoms with Crippen LogP contribution in [0.2, 0.25) is 0 Å². The van der Waals surface area contributed by atoms with Crippen molar-refractivity contribution in [3.05, 3.63) is 29.8 Å². The van der Waals surface area contributed by atoms with Gasteiger partial charge in [-0.3, -0.25) is 4.79 Å². The van der Waals surface area contributed by atoms with Crippen LogP contribution in [0.25, 0.3) is 0 Å². The van der Waals surface area contributed by atoms with Gasteiger partial charge in [-0.15, -0.1) is 0 Å². The van der Waals surface area contributed by atoms with Crippen LogP contribution in [-0.2, 0) is 4.79 Å². The molecule has 1 aromatic carbocycles. The number of carbonyl (C=O) groups excluding carboxylic acids is 1. The molecule has 100 valence electrons. The second-order valence-electron chi connectivity index (χ2n) is 3.93. The van der Waals surface area contributed by atoms with Gasteiger partial charge in [0.15, 0.2) is 0 Å². The Bertz CT molecular complexity index is 418. The minimum Gasteiger partial charge on any atom is -0.427 e. The lowest BCUT2D eigenvalue weighted by atomic mass is 10.0. The van der Waals surface area contributed by atoms with Crippen LogP contribution in [0.15, 0.2) is 24.3 Å². The molecule has 2 N–H and O–H groups in total. The molecule has 3 nitrogen and oxygen atoms in total. The molecule has 1 aromatic rings. The maximum Gasteiger partial charge on any atom is 0.389 e. The Labute approximate surface area is 103 Å². The maximum atomic E-state index is 12.1. The molecular formula is C12H14F3NO2. The van der Waals surface area contributed by atoms with E-state index < -0.39 is 24.6 Å². The van der Waals surface area contributed by atoms with E-state index >= 15 is 0 Å². The molecule has 6 heteroatoms. The first-order valence-corrected chi connectivity index (χ1v) is 5.38. The van der Waals surface area contributed by atoms with Crippen LogP contribution in [0.3, 0.4) is 0 Å². The molecule has 0 spiro atoms. The van der Waals surface area contributed by atoms with Crippen molar-refractivity contribution < 1.29 is 22.7 Å². The van der Waals surface area contributed by atoms with Crippen LogP contribution in [0, 0.1) is 0 Å². The van der Waals surface area contributed by atoms with Crippen molar-refractivity contribution >= 4 is 5.97 Å². The minimum absolute atomic E-state index is 0.201. The highest BCUT2D eigenvalue weighted by Crippen LogP contribution is 2.27. The summed E-state index contributed by atoms with van der Waals surface area (Å²) in [6, 6.07) is 5.47. The smallest absolute Gasteiger partial charge is 0.389 e. The Morgan fingerprint density at radius 2 is 2.11 bits per heavy atom. The van der Waals surface area contributed by atoms with Gasteiger partial charge in [0.2, 0.25) is 0 Å². The van der Waals surface area contributed by atoms with Crippen LogP contribution >= 0.6 is 0 Å². The van der Waals surface area contributed by atoms with Gasteiger partial charge in [-0.2, -0.15) is 13.2 Å². The number of hydrogen-bond donors (Lipinski definition) is 1. The highest BCUT2D eigenvalue weighted by molar-refractivity contribution is 5.69. The molecule has 1 rings (SSSR count). The van der Waals surface area contributed by atoms with Crippen LogP contribution in [-0.4, -0.2) is 12.1 Å². The summed E-state index contributed by atoms with van der Waals surface area (Å²) in [6.07, 6.45) is -5.36. The van der Waals surface area contributed by atoms with Crippen molar-refractivity contribution in [3.8, 4) is 5.75 Å². The molecule has 0 aliphatic heterocycles. The molecule has 0 aliphatic carbocycles. The number of nitrogens with two attached hydrogens (primary N) is 1. The molecule has 1 atom stereocenters. The summed E-state index contributed by atoms with van der Waals surface area (Å²) in [6.45, 7) is 1.25. The molecule has 0 amide bonds. The number of rotatable bonds is 4. The Hall–Kier alpha value is -1.56. The lowest BCUT2D eigenvalue weighted by molar-refractivity contribution is -0.136. The number of alkyl halides is 3. The van der Waals surface area contributed by atoms with Crippen molar-refractivity contribution in [1.29, 1.82) is 0 Å². The molecule has 0 heterocycles. The SMILES string of the molecule is CC(=O)Oc1cccc([C@H](N)CCC(F)(F)F)c1. The fourth-order valence-electron chi connectivity index (χ4n) is 1.46. The number of halogens is 3. The largest absolute Gasteiger partial charge is 0.427 e. The van der Waals surface area contributed by atoms with E-state index in [4.69, 9.17) is 10.5 Å². The van der Waals surface area contributed by atoms with Crippen LogP contribution < -0.4 is 10.5 Å². The van der Waals surface area contributed by atoms with Gasteiger partial charge >= 0.3 is 12.1 Å². The third-order valence-corrected chi connectivity index (χ3v) is 2.29. The van der Waals surface area contributed by atoms with Crippen LogP contribution in [0.5, 0.6) is 5.75 Å². The Balaban J connectivity index is 2.68. The molecular weight excluding hydrogens is 247 g/mol. The van der Waals surface area contributed by atoms with Crippen molar-refractivity contribution in [1.82, 2.24) is 0 Å². The van der Waals surface area contributed by atoms with Crippen LogP contribution in [0.1, 0.15) is 31.4 Å². The number of hydrogen-bond acceptors (Lipinski definition) is 3. The Morgan fingerprint density at radius 3 is 2.67 bits per heavy atom. The van der Waals surface area contributed by atoms with Gasteiger partial charge in [-0.1, -0.05) is 12.1 Å². The summed E-state index contributed by atoms with van der Waals surface area (Å²) in [4.78, 5) is 10.7. The lowest BCUT2D eigenvalue weighted by Gasteiger charge is -2.14. The highest BCUT2D eigenvalue weighted by Gasteiger charge is 2.27. The second kappa shape index (κ2) is 5.86. The van der Waals surface area contributed by atoms with E-state index in [1.165, 1.54) is 13.0 Å².